The van der Waals surface area contributed by atoms with E-state index in [1.165, 1.54) is 23.6 Å². The second-order valence-corrected chi connectivity index (χ2v) is 24.5. The molecule has 0 aliphatic rings. The van der Waals surface area contributed by atoms with Crippen molar-refractivity contribution < 1.29 is 25.3 Å². The van der Waals surface area contributed by atoms with E-state index in [0.717, 1.165) is 53.8 Å². The summed E-state index contributed by atoms with van der Waals surface area (Å²) in [4.78, 5) is 17.5. The summed E-state index contributed by atoms with van der Waals surface area (Å²) in [6, 6.07) is 49.1. The van der Waals surface area contributed by atoms with E-state index < -0.39 is 29.5 Å². The number of nitrogens with zero attached hydrogens (tertiary/aromatic N) is 3. The number of thiophene rings is 3. The molecule has 9 rings (SSSR count). The van der Waals surface area contributed by atoms with Crippen molar-refractivity contribution >= 4 is 91.6 Å². The van der Waals surface area contributed by atoms with Crippen LogP contribution in [0.4, 0.5) is 0 Å². The number of hydrogen-bond donors (Lipinski definition) is 0. The number of pyridine rings is 3. The number of rotatable bonds is 8. The standard InChI is InChI=1S/C18H15NO2S2.C18H13NO2S2.C12H10BrNO2S.C6H4S/c2*1-23(20,21)17-11-7-14(8-12-17)18-6-2-4-15(19-18)9-10-16-5-3-13-22-16;1-17(15,16)10-7-5-9(6-8-10)11-3-2-4-12(13)14-11;1-2-6-4-3-5-7-6/h2-13H,1H3;2-8,11-13H,1H3;2-8H,1H3;1,3-5H/b10-9-;;;. The van der Waals surface area contributed by atoms with Crippen molar-refractivity contribution in [2.75, 3.05) is 18.8 Å². The van der Waals surface area contributed by atoms with Crippen LogP contribution in [0.3, 0.4) is 0 Å². The normalized spacial score (nSPS) is 11.0. The van der Waals surface area contributed by atoms with Gasteiger partial charge in [-0.25, -0.2) is 40.2 Å². The lowest BCUT2D eigenvalue weighted by Gasteiger charge is -2.04. The number of aromatic nitrogens is 3. The molecule has 0 bridgehead atoms. The van der Waals surface area contributed by atoms with Crippen LogP contribution in [0.2, 0.25) is 0 Å². The molecule has 0 saturated carbocycles. The molecule has 6 aromatic heterocycles. The minimum Gasteiger partial charge on any atom is -0.248 e. The first-order valence-corrected chi connectivity index (χ1v) is 29.8. The van der Waals surface area contributed by atoms with Gasteiger partial charge in [0.15, 0.2) is 29.5 Å². The molecule has 0 unspecified atom stereocenters. The van der Waals surface area contributed by atoms with E-state index >= 15 is 0 Å². The molecule has 352 valence electrons. The van der Waals surface area contributed by atoms with E-state index in [-0.39, 0.29) is 0 Å². The predicted octanol–water partition coefficient (Wildman–Crippen LogP) is 12.6. The molecular weight excluding hydrogens is 1060 g/mol. The molecule has 0 aliphatic heterocycles. The van der Waals surface area contributed by atoms with Crippen LogP contribution in [-0.2, 0) is 29.5 Å². The Morgan fingerprint density at radius 2 is 0.900 bits per heavy atom. The monoisotopic (exact) mass is 1100 g/mol. The molecule has 0 aliphatic carbocycles. The highest BCUT2D eigenvalue weighted by Crippen LogP contribution is 2.24. The fourth-order valence-electron chi connectivity index (χ4n) is 5.95. The second-order valence-electron chi connectivity index (χ2n) is 14.8. The zero-order valence-electron chi connectivity index (χ0n) is 37.7. The fourth-order valence-corrected chi connectivity index (χ4v) is 9.90. The zero-order chi connectivity index (χ0) is 50.2. The Bertz CT molecular complexity index is 3620. The van der Waals surface area contributed by atoms with Gasteiger partial charge in [-0.15, -0.1) is 40.4 Å². The summed E-state index contributed by atoms with van der Waals surface area (Å²) in [5.74, 6) is 8.65. The van der Waals surface area contributed by atoms with Gasteiger partial charge in [0.1, 0.15) is 10.3 Å². The Labute approximate surface area is 430 Å². The van der Waals surface area contributed by atoms with Crippen molar-refractivity contribution in [1.29, 1.82) is 0 Å². The van der Waals surface area contributed by atoms with Crippen LogP contribution in [0, 0.1) is 24.2 Å². The fraction of sp³-hybridized carbons (Fsp3) is 0.0556. The molecule has 16 heteroatoms. The molecule has 0 radical (unpaired) electrons. The largest absolute Gasteiger partial charge is 0.248 e. The van der Waals surface area contributed by atoms with Crippen LogP contribution < -0.4 is 0 Å². The van der Waals surface area contributed by atoms with Crippen LogP contribution >= 0.6 is 49.9 Å². The smallest absolute Gasteiger partial charge is 0.175 e. The van der Waals surface area contributed by atoms with Crippen LogP contribution in [0.5, 0.6) is 0 Å². The summed E-state index contributed by atoms with van der Waals surface area (Å²) >= 11 is 8.15. The van der Waals surface area contributed by atoms with Crippen LogP contribution in [0.15, 0.2) is 199 Å². The maximum atomic E-state index is 11.5. The van der Waals surface area contributed by atoms with E-state index in [2.05, 4.69) is 54.7 Å². The maximum absolute atomic E-state index is 11.5. The van der Waals surface area contributed by atoms with E-state index in [9.17, 15) is 25.3 Å². The van der Waals surface area contributed by atoms with Crippen molar-refractivity contribution in [2.24, 2.45) is 0 Å². The van der Waals surface area contributed by atoms with Crippen molar-refractivity contribution in [3.05, 3.63) is 211 Å². The van der Waals surface area contributed by atoms with Crippen molar-refractivity contribution in [3.63, 3.8) is 0 Å². The highest BCUT2D eigenvalue weighted by Gasteiger charge is 2.10. The van der Waals surface area contributed by atoms with Gasteiger partial charge in [-0.1, -0.05) is 78.7 Å². The summed E-state index contributed by atoms with van der Waals surface area (Å²) in [7, 11) is -9.50. The molecule has 3 aromatic carbocycles. The van der Waals surface area contributed by atoms with Gasteiger partial charge in [-0.3, -0.25) is 0 Å². The first-order valence-electron chi connectivity index (χ1n) is 20.7. The van der Waals surface area contributed by atoms with Crippen molar-refractivity contribution in [3.8, 4) is 58.0 Å². The van der Waals surface area contributed by atoms with E-state index in [4.69, 9.17) is 6.42 Å². The summed E-state index contributed by atoms with van der Waals surface area (Å²) < 4.78 is 69.4. The molecular formula is C54H42BrN3O6S6. The molecule has 70 heavy (non-hydrogen) atoms. The van der Waals surface area contributed by atoms with Gasteiger partial charge in [0, 0.05) is 40.3 Å². The summed E-state index contributed by atoms with van der Waals surface area (Å²) in [5, 5.41) is 5.99. The Morgan fingerprint density at radius 3 is 1.33 bits per heavy atom. The molecule has 9 aromatic rings. The molecule has 0 N–H and O–H groups in total. The number of hydrogen-bond acceptors (Lipinski definition) is 12. The SMILES string of the molecule is C#Cc1cccs1.CS(=O)(=O)c1ccc(-c2cccc(/C=C\c3cccs3)n2)cc1.CS(=O)(=O)c1ccc(-c2cccc(Br)n2)cc1.CS(=O)(=O)c1ccc(-c2cccc(C#Cc3cccs3)n2)cc1. The maximum Gasteiger partial charge on any atom is 0.175 e. The number of sulfone groups is 3. The average Bonchev–Trinajstić information content (AvgIpc) is 4.19. The molecule has 0 spiro atoms. The van der Waals surface area contributed by atoms with Gasteiger partial charge in [0.25, 0.3) is 0 Å². The van der Waals surface area contributed by atoms with Gasteiger partial charge in [-0.05, 0) is 147 Å². The lowest BCUT2D eigenvalue weighted by molar-refractivity contribution is 0.600. The topological polar surface area (TPSA) is 141 Å². The highest BCUT2D eigenvalue weighted by molar-refractivity contribution is 9.10. The minimum atomic E-state index is -3.19. The molecule has 6 heterocycles. The third kappa shape index (κ3) is 16.5. The Morgan fingerprint density at radius 1 is 0.457 bits per heavy atom. The third-order valence-corrected chi connectivity index (χ3v) is 15.7. The predicted molar refractivity (Wildman–Crippen MR) is 292 cm³/mol. The van der Waals surface area contributed by atoms with Crippen LogP contribution in [0.25, 0.3) is 45.9 Å². The first kappa shape index (κ1) is 52.8. The quantitative estimate of drug-likeness (QED) is 0.107. The summed E-state index contributed by atoms with van der Waals surface area (Å²) in [6.07, 6.45) is 12.7. The second kappa shape index (κ2) is 24.8. The number of benzene rings is 3. The van der Waals surface area contributed by atoms with E-state index in [1.54, 1.807) is 107 Å². The molecule has 0 atom stereocenters. The Hall–Kier alpha value is -6.60. The number of halogens is 1. The van der Waals surface area contributed by atoms with Crippen LogP contribution in [0.1, 0.15) is 26.0 Å². The van der Waals surface area contributed by atoms with E-state index in [1.807, 2.05) is 113 Å². The third-order valence-electron chi connectivity index (χ3n) is 9.43. The zero-order valence-corrected chi connectivity index (χ0v) is 44.2. The minimum absolute atomic E-state index is 0.301. The first-order chi connectivity index (χ1) is 33.4. The van der Waals surface area contributed by atoms with Crippen molar-refractivity contribution in [2.45, 2.75) is 14.7 Å². The molecule has 0 fully saturated rings. The lowest BCUT2D eigenvalue weighted by atomic mass is 10.1. The summed E-state index contributed by atoms with van der Waals surface area (Å²) in [6.45, 7) is 0. The Balaban J connectivity index is 0.000000162. The lowest BCUT2D eigenvalue weighted by Crippen LogP contribution is -1.96. The number of terminal acetylenes is 1. The van der Waals surface area contributed by atoms with Crippen LogP contribution in [-0.4, -0.2) is 59.0 Å². The summed E-state index contributed by atoms with van der Waals surface area (Å²) in [5.41, 5.74) is 6.58. The van der Waals surface area contributed by atoms with Gasteiger partial charge < -0.3 is 0 Å². The van der Waals surface area contributed by atoms with Gasteiger partial charge in [-0.2, -0.15) is 0 Å². The Kier molecular flexibility index (Phi) is 18.7. The molecule has 0 saturated heterocycles. The van der Waals surface area contributed by atoms with E-state index in [0.29, 0.717) is 20.4 Å². The van der Waals surface area contributed by atoms with Crippen molar-refractivity contribution in [1.82, 2.24) is 15.0 Å². The highest BCUT2D eigenvalue weighted by atomic mass is 79.9. The molecule has 9 nitrogen and oxygen atoms in total. The van der Waals surface area contributed by atoms with Gasteiger partial charge >= 0.3 is 0 Å². The average molecular weight is 1100 g/mol. The van der Waals surface area contributed by atoms with Gasteiger partial charge in [0.2, 0.25) is 0 Å². The molecule has 0 amide bonds. The van der Waals surface area contributed by atoms with Gasteiger partial charge in [0.05, 0.1) is 47.2 Å².